The van der Waals surface area contributed by atoms with Crippen LogP contribution in [-0.2, 0) is 4.79 Å². The molecular formula is C17H23N3O2. The molecule has 0 aliphatic carbocycles. The van der Waals surface area contributed by atoms with Gasteiger partial charge in [-0.2, -0.15) is 0 Å². The molecular weight excluding hydrogens is 278 g/mol. The van der Waals surface area contributed by atoms with Gasteiger partial charge in [0, 0.05) is 24.7 Å². The van der Waals surface area contributed by atoms with Gasteiger partial charge in [0.15, 0.2) is 0 Å². The average Bonchev–Trinajstić information content (AvgIpc) is 3.24. The monoisotopic (exact) mass is 301 g/mol. The van der Waals surface area contributed by atoms with Crippen molar-refractivity contribution in [2.24, 2.45) is 0 Å². The van der Waals surface area contributed by atoms with E-state index in [0.29, 0.717) is 24.7 Å². The summed E-state index contributed by atoms with van der Waals surface area (Å²) in [6.07, 6.45) is 3.92. The molecule has 0 bridgehead atoms. The molecule has 2 amide bonds. The Balaban J connectivity index is 1.60. The number of benzene rings is 1. The Morgan fingerprint density at radius 2 is 2.00 bits per heavy atom. The van der Waals surface area contributed by atoms with Crippen LogP contribution in [0.25, 0.3) is 0 Å². The Kier molecular flexibility index (Phi) is 4.73. The standard InChI is InChI=1S/C17H23N3O2/c21-16(19-12-14-8-4-10-18-14)15-9-5-11-20(15)17(22)13-6-2-1-3-7-13/h1-3,6-7,14-15,18H,4-5,8-12H2,(H,19,21). The molecule has 0 saturated carbocycles. The minimum Gasteiger partial charge on any atom is -0.353 e. The summed E-state index contributed by atoms with van der Waals surface area (Å²) in [7, 11) is 0. The molecule has 2 fully saturated rings. The minimum atomic E-state index is -0.325. The van der Waals surface area contributed by atoms with Crippen molar-refractivity contribution in [2.45, 2.75) is 37.8 Å². The van der Waals surface area contributed by atoms with Gasteiger partial charge in [-0.05, 0) is 44.4 Å². The Labute approximate surface area is 131 Å². The third-order valence-corrected chi connectivity index (χ3v) is 4.52. The highest BCUT2D eigenvalue weighted by molar-refractivity contribution is 5.97. The second-order valence-electron chi connectivity index (χ2n) is 6.06. The number of amides is 2. The summed E-state index contributed by atoms with van der Waals surface area (Å²) >= 11 is 0. The van der Waals surface area contributed by atoms with E-state index >= 15 is 0 Å². The van der Waals surface area contributed by atoms with Gasteiger partial charge in [-0.1, -0.05) is 18.2 Å². The molecule has 0 spiro atoms. The van der Waals surface area contributed by atoms with Crippen LogP contribution in [0.4, 0.5) is 0 Å². The molecule has 2 unspecified atom stereocenters. The Hall–Kier alpha value is -1.88. The summed E-state index contributed by atoms with van der Waals surface area (Å²) in [6.45, 7) is 2.35. The Morgan fingerprint density at radius 1 is 1.18 bits per heavy atom. The lowest BCUT2D eigenvalue weighted by Gasteiger charge is -2.24. The van der Waals surface area contributed by atoms with E-state index in [1.807, 2.05) is 18.2 Å². The lowest BCUT2D eigenvalue weighted by atomic mass is 10.1. The van der Waals surface area contributed by atoms with E-state index in [0.717, 1.165) is 25.8 Å². The van der Waals surface area contributed by atoms with Crippen molar-refractivity contribution in [3.63, 3.8) is 0 Å². The van der Waals surface area contributed by atoms with E-state index < -0.39 is 0 Å². The van der Waals surface area contributed by atoms with Crippen molar-refractivity contribution < 1.29 is 9.59 Å². The molecule has 1 aromatic carbocycles. The topological polar surface area (TPSA) is 61.4 Å². The van der Waals surface area contributed by atoms with Crippen molar-refractivity contribution in [3.05, 3.63) is 35.9 Å². The lowest BCUT2D eigenvalue weighted by molar-refractivity contribution is -0.124. The molecule has 118 valence electrons. The number of nitrogens with zero attached hydrogens (tertiary/aromatic N) is 1. The van der Waals surface area contributed by atoms with Crippen LogP contribution in [0.5, 0.6) is 0 Å². The average molecular weight is 301 g/mol. The highest BCUT2D eigenvalue weighted by Crippen LogP contribution is 2.20. The van der Waals surface area contributed by atoms with E-state index in [4.69, 9.17) is 0 Å². The Bertz CT molecular complexity index is 526. The van der Waals surface area contributed by atoms with Gasteiger partial charge in [-0.15, -0.1) is 0 Å². The van der Waals surface area contributed by atoms with Crippen molar-refractivity contribution in [1.82, 2.24) is 15.5 Å². The summed E-state index contributed by atoms with van der Waals surface area (Å²) in [5.41, 5.74) is 0.652. The molecule has 5 heteroatoms. The van der Waals surface area contributed by atoms with E-state index in [9.17, 15) is 9.59 Å². The van der Waals surface area contributed by atoms with Gasteiger partial charge in [0.2, 0.25) is 5.91 Å². The van der Waals surface area contributed by atoms with Crippen LogP contribution in [0.1, 0.15) is 36.0 Å². The number of carbonyl (C=O) groups is 2. The van der Waals surface area contributed by atoms with Gasteiger partial charge in [0.1, 0.15) is 6.04 Å². The predicted molar refractivity (Wildman–Crippen MR) is 84.5 cm³/mol. The van der Waals surface area contributed by atoms with E-state index in [-0.39, 0.29) is 17.9 Å². The zero-order valence-electron chi connectivity index (χ0n) is 12.8. The maximum absolute atomic E-state index is 12.6. The highest BCUT2D eigenvalue weighted by Gasteiger charge is 2.34. The van der Waals surface area contributed by atoms with Crippen LogP contribution in [-0.4, -0.2) is 48.4 Å². The molecule has 2 heterocycles. The molecule has 5 nitrogen and oxygen atoms in total. The molecule has 2 aliphatic rings. The first-order valence-electron chi connectivity index (χ1n) is 8.13. The van der Waals surface area contributed by atoms with Crippen LogP contribution in [0, 0.1) is 0 Å². The Morgan fingerprint density at radius 3 is 2.73 bits per heavy atom. The molecule has 2 aliphatic heterocycles. The van der Waals surface area contributed by atoms with Gasteiger partial charge < -0.3 is 15.5 Å². The summed E-state index contributed by atoms with van der Waals surface area (Å²) in [5.74, 6) is -0.0623. The van der Waals surface area contributed by atoms with Gasteiger partial charge >= 0.3 is 0 Å². The molecule has 22 heavy (non-hydrogen) atoms. The molecule has 0 radical (unpaired) electrons. The van der Waals surface area contributed by atoms with Crippen LogP contribution in [0.15, 0.2) is 30.3 Å². The summed E-state index contributed by atoms with van der Waals surface area (Å²) in [6, 6.07) is 9.25. The number of carbonyl (C=O) groups excluding carboxylic acids is 2. The van der Waals surface area contributed by atoms with Crippen molar-refractivity contribution >= 4 is 11.8 Å². The fourth-order valence-corrected chi connectivity index (χ4v) is 3.30. The van der Waals surface area contributed by atoms with Gasteiger partial charge in [0.05, 0.1) is 0 Å². The van der Waals surface area contributed by atoms with Gasteiger partial charge in [-0.25, -0.2) is 0 Å². The second-order valence-corrected chi connectivity index (χ2v) is 6.06. The molecule has 2 saturated heterocycles. The smallest absolute Gasteiger partial charge is 0.254 e. The first-order chi connectivity index (χ1) is 10.8. The van der Waals surface area contributed by atoms with Gasteiger partial charge in [0.25, 0.3) is 5.91 Å². The maximum Gasteiger partial charge on any atom is 0.254 e. The third kappa shape index (κ3) is 3.30. The van der Waals surface area contributed by atoms with Crippen LogP contribution < -0.4 is 10.6 Å². The normalized spacial score (nSPS) is 24.5. The first-order valence-corrected chi connectivity index (χ1v) is 8.13. The SMILES string of the molecule is O=C(NCC1CCCN1)C1CCCN1C(=O)c1ccccc1. The molecule has 1 aromatic rings. The van der Waals surface area contributed by atoms with Gasteiger partial charge in [-0.3, -0.25) is 9.59 Å². The van der Waals surface area contributed by atoms with Crippen LogP contribution in [0.3, 0.4) is 0 Å². The number of hydrogen-bond donors (Lipinski definition) is 2. The largest absolute Gasteiger partial charge is 0.353 e. The van der Waals surface area contributed by atoms with Crippen LogP contribution >= 0.6 is 0 Å². The van der Waals surface area contributed by atoms with Crippen LogP contribution in [0.2, 0.25) is 0 Å². The van der Waals surface area contributed by atoms with Crippen molar-refractivity contribution in [2.75, 3.05) is 19.6 Å². The highest BCUT2D eigenvalue weighted by atomic mass is 16.2. The molecule has 0 aromatic heterocycles. The maximum atomic E-state index is 12.6. The molecule has 2 N–H and O–H groups in total. The predicted octanol–water partition coefficient (Wildman–Crippen LogP) is 1.16. The minimum absolute atomic E-state index is 0.0181. The number of rotatable bonds is 4. The fraction of sp³-hybridized carbons (Fsp3) is 0.529. The second kappa shape index (κ2) is 6.92. The van der Waals surface area contributed by atoms with Crippen molar-refractivity contribution in [3.8, 4) is 0 Å². The lowest BCUT2D eigenvalue weighted by Crippen LogP contribution is -2.48. The summed E-state index contributed by atoms with van der Waals surface area (Å²) in [5, 5.41) is 6.37. The fourth-order valence-electron chi connectivity index (χ4n) is 3.30. The number of likely N-dealkylation sites (tertiary alicyclic amines) is 1. The van der Waals surface area contributed by atoms with E-state index in [1.165, 1.54) is 6.42 Å². The summed E-state index contributed by atoms with van der Waals surface area (Å²) < 4.78 is 0. The summed E-state index contributed by atoms with van der Waals surface area (Å²) in [4.78, 5) is 26.7. The van der Waals surface area contributed by atoms with E-state index in [2.05, 4.69) is 10.6 Å². The third-order valence-electron chi connectivity index (χ3n) is 4.52. The number of nitrogens with one attached hydrogen (secondary N) is 2. The van der Waals surface area contributed by atoms with E-state index in [1.54, 1.807) is 17.0 Å². The zero-order valence-corrected chi connectivity index (χ0v) is 12.8. The van der Waals surface area contributed by atoms with Crippen molar-refractivity contribution in [1.29, 1.82) is 0 Å². The zero-order chi connectivity index (χ0) is 15.4. The quantitative estimate of drug-likeness (QED) is 0.877. The molecule has 2 atom stereocenters. The molecule has 3 rings (SSSR count). The number of hydrogen-bond acceptors (Lipinski definition) is 3. The first kappa shape index (κ1) is 15.0.